The summed E-state index contributed by atoms with van der Waals surface area (Å²) in [5.74, 6) is -0.0699. The van der Waals surface area contributed by atoms with Crippen molar-refractivity contribution in [2.24, 2.45) is 0 Å². The molecule has 0 radical (unpaired) electrons. The first kappa shape index (κ1) is 17.8. The van der Waals surface area contributed by atoms with Crippen LogP contribution in [0.5, 0.6) is 0 Å². The molecule has 1 unspecified atom stereocenters. The molecule has 146 valence electrons. The minimum atomic E-state index is -0.155. The zero-order valence-corrected chi connectivity index (χ0v) is 16.5. The normalized spacial score (nSPS) is 17.1. The number of fused-ring (bicyclic) bond motifs is 3. The maximum absolute atomic E-state index is 13.2. The average molecular weight is 386 g/mol. The van der Waals surface area contributed by atoms with E-state index in [1.807, 2.05) is 55.4 Å². The third-order valence-electron chi connectivity index (χ3n) is 5.92. The quantitative estimate of drug-likeness (QED) is 0.497. The fourth-order valence-corrected chi connectivity index (χ4v) is 4.20. The Morgan fingerprint density at radius 3 is 2.59 bits per heavy atom. The van der Waals surface area contributed by atoms with Gasteiger partial charge in [0.05, 0.1) is 16.5 Å². The number of amides is 1. The van der Waals surface area contributed by atoms with Crippen molar-refractivity contribution in [2.75, 3.05) is 27.2 Å². The topological polar surface area (TPSA) is 57.9 Å². The standard InChI is InChI=1S/C23H22N4O2/c1-25(2)17-9-11-26(14-17)22(28)18-8-5-10-27-21(18)24-20-13-16-7-4-3-6-15(16)12-19(20)23(27)29/h3-8,10,12-13,17H,9,11,14H2,1-2H3. The van der Waals surface area contributed by atoms with E-state index in [0.717, 1.165) is 17.2 Å². The van der Waals surface area contributed by atoms with E-state index in [9.17, 15) is 9.59 Å². The number of likely N-dealkylation sites (tertiary alicyclic amines) is 1. The Balaban J connectivity index is 1.68. The average Bonchev–Trinajstić information content (AvgIpc) is 3.23. The van der Waals surface area contributed by atoms with Gasteiger partial charge in [0.25, 0.3) is 11.5 Å². The van der Waals surface area contributed by atoms with Crippen LogP contribution in [0.25, 0.3) is 27.3 Å². The zero-order chi connectivity index (χ0) is 20.1. The Kier molecular flexibility index (Phi) is 4.10. The molecule has 0 saturated carbocycles. The van der Waals surface area contributed by atoms with Crippen LogP contribution in [0.2, 0.25) is 0 Å². The second-order valence-corrected chi connectivity index (χ2v) is 7.91. The fraction of sp³-hybridized carbons (Fsp3) is 0.261. The Morgan fingerprint density at radius 2 is 1.86 bits per heavy atom. The summed E-state index contributed by atoms with van der Waals surface area (Å²) in [6.07, 6.45) is 2.63. The lowest BCUT2D eigenvalue weighted by atomic mass is 10.1. The van der Waals surface area contributed by atoms with E-state index in [1.165, 1.54) is 4.40 Å². The highest BCUT2D eigenvalue weighted by molar-refractivity contribution is 6.02. The number of carbonyl (C=O) groups excluding carboxylic acids is 1. The van der Waals surface area contributed by atoms with E-state index < -0.39 is 0 Å². The lowest BCUT2D eigenvalue weighted by Gasteiger charge is -2.20. The number of hydrogen-bond donors (Lipinski definition) is 0. The summed E-state index contributed by atoms with van der Waals surface area (Å²) in [5, 5.41) is 2.57. The molecule has 6 heteroatoms. The van der Waals surface area contributed by atoms with Gasteiger partial charge in [-0.2, -0.15) is 0 Å². The highest BCUT2D eigenvalue weighted by Crippen LogP contribution is 2.22. The number of carbonyl (C=O) groups is 1. The maximum Gasteiger partial charge on any atom is 0.265 e. The third kappa shape index (κ3) is 2.87. The van der Waals surface area contributed by atoms with Gasteiger partial charge in [0.1, 0.15) is 0 Å². The van der Waals surface area contributed by atoms with E-state index >= 15 is 0 Å². The monoisotopic (exact) mass is 386 g/mol. The van der Waals surface area contributed by atoms with Crippen molar-refractivity contribution >= 4 is 33.2 Å². The van der Waals surface area contributed by atoms with Crippen molar-refractivity contribution < 1.29 is 4.79 Å². The van der Waals surface area contributed by atoms with Gasteiger partial charge in [-0.1, -0.05) is 24.3 Å². The fourth-order valence-electron chi connectivity index (χ4n) is 4.20. The molecule has 3 heterocycles. The first-order valence-electron chi connectivity index (χ1n) is 9.82. The lowest BCUT2D eigenvalue weighted by molar-refractivity contribution is 0.0784. The van der Waals surface area contributed by atoms with Crippen LogP contribution in [0.4, 0.5) is 0 Å². The molecule has 2 aromatic heterocycles. The van der Waals surface area contributed by atoms with Crippen LogP contribution in [0.1, 0.15) is 16.8 Å². The summed E-state index contributed by atoms with van der Waals surface area (Å²) in [6, 6.07) is 15.6. The Hall–Kier alpha value is -3.25. The van der Waals surface area contributed by atoms with Gasteiger partial charge < -0.3 is 9.80 Å². The van der Waals surface area contributed by atoms with Gasteiger partial charge in [-0.15, -0.1) is 0 Å². The number of benzene rings is 2. The van der Waals surface area contributed by atoms with E-state index in [4.69, 9.17) is 4.98 Å². The van der Waals surface area contributed by atoms with Crippen LogP contribution in [0.15, 0.2) is 59.5 Å². The summed E-state index contributed by atoms with van der Waals surface area (Å²) in [7, 11) is 4.07. The van der Waals surface area contributed by atoms with Gasteiger partial charge in [0.15, 0.2) is 5.65 Å². The van der Waals surface area contributed by atoms with Gasteiger partial charge in [-0.25, -0.2) is 4.98 Å². The van der Waals surface area contributed by atoms with Gasteiger partial charge in [0, 0.05) is 25.3 Å². The Morgan fingerprint density at radius 1 is 1.10 bits per heavy atom. The number of aromatic nitrogens is 2. The van der Waals surface area contributed by atoms with Crippen LogP contribution in [-0.4, -0.2) is 58.3 Å². The number of nitrogens with zero attached hydrogens (tertiary/aromatic N) is 4. The third-order valence-corrected chi connectivity index (χ3v) is 5.92. The molecule has 1 atom stereocenters. The number of rotatable bonds is 2. The first-order chi connectivity index (χ1) is 14.0. The zero-order valence-electron chi connectivity index (χ0n) is 16.5. The van der Waals surface area contributed by atoms with Crippen molar-refractivity contribution in [1.82, 2.24) is 19.2 Å². The van der Waals surface area contributed by atoms with Gasteiger partial charge >= 0.3 is 0 Å². The molecule has 1 saturated heterocycles. The first-order valence-corrected chi connectivity index (χ1v) is 9.82. The summed E-state index contributed by atoms with van der Waals surface area (Å²) in [5.41, 5.74) is 1.34. The van der Waals surface area contributed by atoms with Crippen LogP contribution >= 0.6 is 0 Å². The van der Waals surface area contributed by atoms with E-state index in [2.05, 4.69) is 4.90 Å². The Labute approximate surface area is 168 Å². The van der Waals surface area contributed by atoms with Crippen LogP contribution in [-0.2, 0) is 0 Å². The smallest absolute Gasteiger partial charge is 0.265 e. The molecule has 1 aliphatic rings. The minimum Gasteiger partial charge on any atom is -0.337 e. The van der Waals surface area contributed by atoms with Crippen molar-refractivity contribution in [3.05, 3.63) is 70.6 Å². The molecular formula is C23H22N4O2. The molecule has 1 aliphatic heterocycles. The molecule has 1 amide bonds. The van der Waals surface area contributed by atoms with Gasteiger partial charge in [-0.05, 0) is 55.6 Å². The van der Waals surface area contributed by atoms with Crippen LogP contribution in [0.3, 0.4) is 0 Å². The number of pyridine rings is 1. The van der Waals surface area contributed by atoms with Crippen molar-refractivity contribution in [3.63, 3.8) is 0 Å². The van der Waals surface area contributed by atoms with Crippen molar-refractivity contribution in [1.29, 1.82) is 0 Å². The molecule has 0 aliphatic carbocycles. The number of hydrogen-bond acceptors (Lipinski definition) is 4. The molecule has 6 nitrogen and oxygen atoms in total. The predicted molar refractivity (Wildman–Crippen MR) is 114 cm³/mol. The van der Waals surface area contributed by atoms with Crippen molar-refractivity contribution in [3.8, 4) is 0 Å². The van der Waals surface area contributed by atoms with E-state index in [1.54, 1.807) is 18.3 Å². The summed E-state index contributed by atoms with van der Waals surface area (Å²) in [4.78, 5) is 35.2. The molecule has 0 N–H and O–H groups in total. The molecule has 5 rings (SSSR count). The summed E-state index contributed by atoms with van der Waals surface area (Å²) >= 11 is 0. The maximum atomic E-state index is 13.2. The largest absolute Gasteiger partial charge is 0.337 e. The molecule has 0 bridgehead atoms. The molecular weight excluding hydrogens is 364 g/mol. The molecule has 1 fully saturated rings. The Bertz CT molecular complexity index is 1330. The lowest BCUT2D eigenvalue weighted by Crippen LogP contribution is -2.35. The van der Waals surface area contributed by atoms with Crippen molar-refractivity contribution in [2.45, 2.75) is 12.5 Å². The highest BCUT2D eigenvalue weighted by Gasteiger charge is 2.29. The SMILES string of the molecule is CN(C)C1CCN(C(=O)c2cccn3c(=O)c4cc5ccccc5cc4nc23)C1. The minimum absolute atomic E-state index is 0.0699. The summed E-state index contributed by atoms with van der Waals surface area (Å²) in [6.45, 7) is 1.40. The van der Waals surface area contributed by atoms with E-state index in [-0.39, 0.29) is 11.5 Å². The molecule has 2 aromatic carbocycles. The van der Waals surface area contributed by atoms with Crippen LogP contribution in [0, 0.1) is 0 Å². The van der Waals surface area contributed by atoms with Crippen LogP contribution < -0.4 is 5.56 Å². The highest BCUT2D eigenvalue weighted by atomic mass is 16.2. The van der Waals surface area contributed by atoms with Gasteiger partial charge in [0.2, 0.25) is 0 Å². The second-order valence-electron chi connectivity index (χ2n) is 7.91. The molecule has 29 heavy (non-hydrogen) atoms. The molecule has 4 aromatic rings. The number of likely N-dealkylation sites (N-methyl/N-ethyl adjacent to an activating group) is 1. The molecule has 0 spiro atoms. The predicted octanol–water partition coefficient (Wildman–Crippen LogP) is 2.78. The van der Waals surface area contributed by atoms with E-state index in [0.29, 0.717) is 41.2 Å². The second kappa shape index (κ2) is 6.67. The van der Waals surface area contributed by atoms with Gasteiger partial charge in [-0.3, -0.25) is 14.0 Å². The summed E-state index contributed by atoms with van der Waals surface area (Å²) < 4.78 is 1.49.